The molecule has 0 saturated carbocycles. The number of quaternary nitrogens is 1. The van der Waals surface area contributed by atoms with Crippen LogP contribution in [0, 0.1) is 0 Å². The highest BCUT2D eigenvalue weighted by atomic mass is 32.2. The highest BCUT2D eigenvalue weighted by Crippen LogP contribution is 2.18. The Morgan fingerprint density at radius 3 is 2.47 bits per heavy atom. The number of ether oxygens (including phenoxy) is 1. The molecule has 0 aliphatic heterocycles. The lowest BCUT2D eigenvalue weighted by Gasteiger charge is -2.17. The van der Waals surface area contributed by atoms with Crippen molar-refractivity contribution in [1.82, 2.24) is 0 Å². The van der Waals surface area contributed by atoms with Gasteiger partial charge in [-0.25, -0.2) is 0 Å². The molecule has 0 aliphatic rings. The predicted molar refractivity (Wildman–Crippen MR) is 65.4 cm³/mol. The Balaban J connectivity index is 2.48. The van der Waals surface area contributed by atoms with E-state index in [2.05, 4.69) is 25.6 Å². The van der Waals surface area contributed by atoms with Crippen molar-refractivity contribution in [2.24, 2.45) is 0 Å². The lowest BCUT2D eigenvalue weighted by Crippen LogP contribution is -2.35. The number of nitrogens with zero attached hydrogens (tertiary/aromatic N) is 1. The fourth-order valence-corrected chi connectivity index (χ4v) is 1.07. The van der Waals surface area contributed by atoms with Crippen molar-refractivity contribution in [3.05, 3.63) is 35.9 Å². The summed E-state index contributed by atoms with van der Waals surface area (Å²) < 4.78 is 4.71. The minimum absolute atomic E-state index is 0.251. The van der Waals surface area contributed by atoms with E-state index in [1.807, 2.05) is 37.3 Å². The molecule has 5 heteroatoms. The van der Waals surface area contributed by atoms with Crippen molar-refractivity contribution in [2.75, 3.05) is 6.54 Å². The van der Waals surface area contributed by atoms with Gasteiger partial charge in [0.15, 0.2) is 0 Å². The smallest absolute Gasteiger partial charge is 0.414 e. The Morgan fingerprint density at radius 2 is 1.93 bits per heavy atom. The summed E-state index contributed by atoms with van der Waals surface area (Å²) in [7, 11) is 0. The first-order valence-corrected chi connectivity index (χ1v) is 5.41. The van der Waals surface area contributed by atoms with Crippen LogP contribution >= 0.6 is 25.6 Å². The SMILES string of the molecule is CC[N+](S)(S)C(=O)OCc1ccccc1. The van der Waals surface area contributed by atoms with Crippen LogP contribution in [0.2, 0.25) is 0 Å². The lowest BCUT2D eigenvalue weighted by molar-refractivity contribution is -0.555. The molecule has 15 heavy (non-hydrogen) atoms. The number of benzene rings is 1. The van der Waals surface area contributed by atoms with E-state index in [0.29, 0.717) is 6.54 Å². The van der Waals surface area contributed by atoms with Crippen LogP contribution in [0.3, 0.4) is 0 Å². The van der Waals surface area contributed by atoms with Gasteiger partial charge in [-0.1, -0.05) is 30.3 Å². The van der Waals surface area contributed by atoms with Crippen LogP contribution in [0.1, 0.15) is 12.5 Å². The number of thiol groups is 2. The number of carbonyl (C=O) groups is 1. The van der Waals surface area contributed by atoms with E-state index in [1.165, 1.54) is 0 Å². The Labute approximate surface area is 101 Å². The van der Waals surface area contributed by atoms with Crippen molar-refractivity contribution in [3.63, 3.8) is 0 Å². The van der Waals surface area contributed by atoms with Crippen molar-refractivity contribution in [1.29, 1.82) is 0 Å². The molecule has 1 amide bonds. The van der Waals surface area contributed by atoms with E-state index >= 15 is 0 Å². The quantitative estimate of drug-likeness (QED) is 0.631. The van der Waals surface area contributed by atoms with Gasteiger partial charge in [0.25, 0.3) is 0 Å². The van der Waals surface area contributed by atoms with Gasteiger partial charge in [0, 0.05) is 0 Å². The normalized spacial score (nSPS) is 11.1. The van der Waals surface area contributed by atoms with Crippen LogP contribution in [0.5, 0.6) is 0 Å². The summed E-state index contributed by atoms with van der Waals surface area (Å²) in [5, 5.41) is 0. The zero-order valence-corrected chi connectivity index (χ0v) is 10.2. The van der Waals surface area contributed by atoms with Crippen LogP contribution < -0.4 is 0 Å². The Morgan fingerprint density at radius 1 is 1.33 bits per heavy atom. The lowest BCUT2D eigenvalue weighted by atomic mass is 10.2. The molecule has 0 radical (unpaired) electrons. The summed E-state index contributed by atoms with van der Waals surface area (Å²) >= 11 is 8.11. The molecule has 0 unspecified atom stereocenters. The van der Waals surface area contributed by atoms with Crippen molar-refractivity contribution in [2.45, 2.75) is 13.5 Å². The fraction of sp³-hybridized carbons (Fsp3) is 0.300. The molecule has 3 nitrogen and oxygen atoms in total. The zero-order valence-electron chi connectivity index (χ0n) is 8.46. The van der Waals surface area contributed by atoms with Crippen LogP contribution in [-0.2, 0) is 11.3 Å². The summed E-state index contributed by atoms with van der Waals surface area (Å²) in [6.07, 6.45) is -0.465. The van der Waals surface area contributed by atoms with E-state index in [-0.39, 0.29) is 9.90 Å². The molecule has 0 atom stereocenters. The first-order valence-electron chi connectivity index (χ1n) is 4.61. The van der Waals surface area contributed by atoms with Crippen LogP contribution in [-0.4, -0.2) is 15.9 Å². The predicted octanol–water partition coefficient (Wildman–Crippen LogP) is 2.85. The van der Waals surface area contributed by atoms with Crippen molar-refractivity contribution in [3.8, 4) is 0 Å². The summed E-state index contributed by atoms with van der Waals surface area (Å²) in [6.45, 7) is 2.52. The molecule has 1 aromatic rings. The third kappa shape index (κ3) is 3.77. The second-order valence-corrected chi connectivity index (χ2v) is 4.77. The monoisotopic (exact) mass is 244 g/mol. The maximum atomic E-state index is 11.5. The molecule has 0 N–H and O–H groups in total. The minimum Gasteiger partial charge on any atom is -0.414 e. The van der Waals surface area contributed by atoms with Gasteiger partial charge in [0.05, 0.1) is 25.6 Å². The third-order valence-corrected chi connectivity index (χ3v) is 2.83. The molecule has 82 valence electrons. The second kappa shape index (κ2) is 5.44. The number of rotatable bonds is 3. The van der Waals surface area contributed by atoms with Crippen LogP contribution in [0.4, 0.5) is 4.79 Å². The number of hydrogen-bond donors (Lipinski definition) is 2. The van der Waals surface area contributed by atoms with E-state index in [1.54, 1.807) is 0 Å². The van der Waals surface area contributed by atoms with Crippen LogP contribution in [0.15, 0.2) is 30.3 Å². The third-order valence-electron chi connectivity index (χ3n) is 1.94. The second-order valence-electron chi connectivity index (χ2n) is 3.09. The van der Waals surface area contributed by atoms with Gasteiger partial charge in [-0.2, -0.15) is 4.79 Å². The van der Waals surface area contributed by atoms with Gasteiger partial charge in [0.2, 0.25) is 0 Å². The Hall–Kier alpha value is -0.650. The maximum absolute atomic E-state index is 11.5. The molecule has 0 saturated heterocycles. The van der Waals surface area contributed by atoms with E-state index in [4.69, 9.17) is 4.74 Å². The molecule has 0 heterocycles. The molecule has 0 spiro atoms. The van der Waals surface area contributed by atoms with Gasteiger partial charge < -0.3 is 4.74 Å². The van der Waals surface area contributed by atoms with Gasteiger partial charge in [-0.05, 0) is 12.5 Å². The fourth-order valence-electron chi connectivity index (χ4n) is 0.952. The highest BCUT2D eigenvalue weighted by Gasteiger charge is 2.30. The van der Waals surface area contributed by atoms with Gasteiger partial charge in [-0.3, -0.25) is 0 Å². The average Bonchev–Trinajstić information content (AvgIpc) is 2.27. The van der Waals surface area contributed by atoms with Crippen molar-refractivity contribution < 1.29 is 12.8 Å². The standard InChI is InChI=1S/C10H14NO2S2/c1-2-11(14,15)10(12)13-8-9-6-4-3-5-7-9/h3-7,14-15H,2,8H2,1H3/q+1. The molecule has 0 bridgehead atoms. The van der Waals surface area contributed by atoms with Crippen LogP contribution in [0.25, 0.3) is 0 Å². The largest absolute Gasteiger partial charge is 0.539 e. The van der Waals surface area contributed by atoms with E-state index in [9.17, 15) is 4.79 Å². The zero-order chi connectivity index (χ0) is 11.3. The molecular weight excluding hydrogens is 230 g/mol. The molecule has 0 aliphatic carbocycles. The van der Waals surface area contributed by atoms with E-state index < -0.39 is 6.09 Å². The number of amides is 1. The number of carbonyl (C=O) groups excluding carboxylic acids is 1. The molecule has 1 rings (SSSR count). The first kappa shape index (κ1) is 12.4. The van der Waals surface area contributed by atoms with E-state index in [0.717, 1.165) is 5.56 Å². The molecule has 0 aromatic heterocycles. The Bertz CT molecular complexity index is 327. The van der Waals surface area contributed by atoms with Gasteiger partial charge >= 0.3 is 6.09 Å². The van der Waals surface area contributed by atoms with Gasteiger partial charge in [-0.15, -0.1) is 3.29 Å². The minimum atomic E-state index is -0.465. The topological polar surface area (TPSA) is 26.3 Å². The van der Waals surface area contributed by atoms with Crippen molar-refractivity contribution >= 4 is 31.7 Å². The average molecular weight is 244 g/mol. The molecule has 1 aromatic carbocycles. The summed E-state index contributed by atoms with van der Waals surface area (Å²) in [6, 6.07) is 9.49. The molecular formula is C10H14NO2S2+. The summed E-state index contributed by atoms with van der Waals surface area (Å²) in [5.41, 5.74) is 0.948. The first-order chi connectivity index (χ1) is 7.06. The summed E-state index contributed by atoms with van der Waals surface area (Å²) in [5.74, 6) is 0. The Kier molecular flexibility index (Phi) is 4.50. The summed E-state index contributed by atoms with van der Waals surface area (Å²) in [4.78, 5) is 11.5. The van der Waals surface area contributed by atoms with Gasteiger partial charge in [0.1, 0.15) is 13.2 Å². The highest BCUT2D eigenvalue weighted by molar-refractivity contribution is 7.88. The molecule has 0 fully saturated rings. The number of hydrogen-bond acceptors (Lipinski definition) is 4. The maximum Gasteiger partial charge on any atom is 0.539 e.